The normalized spacial score (nSPS) is 12.5. The van der Waals surface area contributed by atoms with Gasteiger partial charge in [-0.1, -0.05) is 23.7 Å². The zero-order chi connectivity index (χ0) is 23.7. The van der Waals surface area contributed by atoms with E-state index < -0.39 is 36.0 Å². The van der Waals surface area contributed by atoms with Crippen molar-refractivity contribution in [3.05, 3.63) is 93.8 Å². The highest BCUT2D eigenvalue weighted by atomic mass is 35.5. The second kappa shape index (κ2) is 8.84. The second-order valence-electron chi connectivity index (χ2n) is 7.00. The number of nitrogens with zero attached hydrogens (tertiary/aromatic N) is 1. The van der Waals surface area contributed by atoms with Crippen LogP contribution in [-0.4, -0.2) is 37.3 Å². The fraction of sp³-hybridized carbons (Fsp3) is 0.0833. The van der Waals surface area contributed by atoms with Gasteiger partial charge in [0.15, 0.2) is 12.4 Å². The molecular formula is C24H15ClFNO6. The van der Waals surface area contributed by atoms with Crippen molar-refractivity contribution in [2.45, 2.75) is 0 Å². The topological polar surface area (TPSA) is 90.0 Å². The molecule has 166 valence electrons. The number of rotatable bonds is 6. The van der Waals surface area contributed by atoms with Gasteiger partial charge in [-0.3, -0.25) is 14.4 Å². The maximum Gasteiger partial charge on any atom is 0.342 e. The zero-order valence-electron chi connectivity index (χ0n) is 17.1. The van der Waals surface area contributed by atoms with Gasteiger partial charge >= 0.3 is 5.97 Å². The van der Waals surface area contributed by atoms with Crippen molar-refractivity contribution in [2.75, 3.05) is 18.6 Å². The first-order chi connectivity index (χ1) is 15.8. The van der Waals surface area contributed by atoms with Crippen LogP contribution in [0.2, 0.25) is 5.02 Å². The molecule has 0 spiro atoms. The summed E-state index contributed by atoms with van der Waals surface area (Å²) in [7, 11) is 1.29. The van der Waals surface area contributed by atoms with E-state index in [2.05, 4.69) is 0 Å². The number of ketones is 1. The second-order valence-corrected chi connectivity index (χ2v) is 7.41. The van der Waals surface area contributed by atoms with Crippen molar-refractivity contribution in [1.82, 2.24) is 0 Å². The van der Waals surface area contributed by atoms with Gasteiger partial charge in [0.25, 0.3) is 11.8 Å². The van der Waals surface area contributed by atoms with E-state index in [1.165, 1.54) is 43.5 Å². The molecule has 1 heterocycles. The molecule has 1 aliphatic rings. The minimum absolute atomic E-state index is 0.00909. The van der Waals surface area contributed by atoms with Crippen molar-refractivity contribution < 1.29 is 33.0 Å². The van der Waals surface area contributed by atoms with E-state index in [0.29, 0.717) is 0 Å². The Labute approximate surface area is 192 Å². The Hall–Kier alpha value is -4.04. The molecule has 2 amide bonds. The molecule has 0 aliphatic carbocycles. The third-order valence-electron chi connectivity index (χ3n) is 5.02. The Balaban J connectivity index is 1.57. The van der Waals surface area contributed by atoms with Gasteiger partial charge in [0.1, 0.15) is 17.1 Å². The minimum atomic E-state index is -0.905. The maximum atomic E-state index is 13.0. The molecule has 0 aromatic heterocycles. The predicted molar refractivity (Wildman–Crippen MR) is 117 cm³/mol. The number of anilines is 1. The number of halogens is 2. The molecular weight excluding hydrogens is 453 g/mol. The van der Waals surface area contributed by atoms with Crippen LogP contribution in [0.4, 0.5) is 10.1 Å². The molecule has 1 aliphatic heterocycles. The number of methoxy groups -OCH3 is 1. The predicted octanol–water partition coefficient (Wildman–Crippen LogP) is 4.33. The molecule has 0 atom stereocenters. The van der Waals surface area contributed by atoms with Gasteiger partial charge in [-0.15, -0.1) is 0 Å². The number of imide groups is 1. The van der Waals surface area contributed by atoms with Crippen molar-refractivity contribution in [3.63, 3.8) is 0 Å². The van der Waals surface area contributed by atoms with Crippen LogP contribution in [0, 0.1) is 5.82 Å². The number of esters is 1. The summed E-state index contributed by atoms with van der Waals surface area (Å²) in [6, 6.07) is 13.6. The number of benzene rings is 3. The van der Waals surface area contributed by atoms with Crippen LogP contribution >= 0.6 is 11.6 Å². The lowest BCUT2D eigenvalue weighted by Gasteiger charge is -2.18. The third kappa shape index (κ3) is 4.08. The molecule has 0 saturated heterocycles. The largest absolute Gasteiger partial charge is 0.496 e. The number of hydrogen-bond donors (Lipinski definition) is 0. The molecule has 0 unspecified atom stereocenters. The Morgan fingerprint density at radius 3 is 2.15 bits per heavy atom. The lowest BCUT2D eigenvalue weighted by Crippen LogP contribution is -2.29. The van der Waals surface area contributed by atoms with Crippen LogP contribution in [0.15, 0.2) is 60.7 Å². The molecule has 0 radical (unpaired) electrons. The molecule has 3 aromatic rings. The van der Waals surface area contributed by atoms with Gasteiger partial charge in [0, 0.05) is 11.6 Å². The van der Waals surface area contributed by atoms with Crippen molar-refractivity contribution >= 4 is 40.9 Å². The number of ether oxygens (including phenoxy) is 2. The van der Waals surface area contributed by atoms with E-state index >= 15 is 0 Å². The molecule has 3 aromatic carbocycles. The van der Waals surface area contributed by atoms with Gasteiger partial charge in [0.2, 0.25) is 0 Å². The monoisotopic (exact) mass is 467 g/mol. The molecule has 0 saturated carbocycles. The summed E-state index contributed by atoms with van der Waals surface area (Å²) in [5.41, 5.74) is 0.587. The average molecular weight is 468 g/mol. The maximum absolute atomic E-state index is 13.0. The van der Waals surface area contributed by atoms with Crippen molar-refractivity contribution in [2.24, 2.45) is 0 Å². The number of amides is 2. The quantitative estimate of drug-likeness (QED) is 0.304. The molecule has 9 heteroatoms. The summed E-state index contributed by atoms with van der Waals surface area (Å²) in [5, 5.41) is -0.0675. The number of hydrogen-bond acceptors (Lipinski definition) is 6. The van der Waals surface area contributed by atoms with E-state index in [9.17, 15) is 23.6 Å². The number of fused-ring (bicyclic) bond motifs is 1. The van der Waals surface area contributed by atoms with Crippen LogP contribution in [0.5, 0.6) is 5.75 Å². The van der Waals surface area contributed by atoms with Crippen LogP contribution in [0.25, 0.3) is 0 Å². The zero-order valence-corrected chi connectivity index (χ0v) is 17.9. The number of carbonyl (C=O) groups is 4. The highest BCUT2D eigenvalue weighted by molar-refractivity contribution is 6.40. The summed E-state index contributed by atoms with van der Waals surface area (Å²) in [5.74, 6) is -3.06. The highest BCUT2D eigenvalue weighted by Gasteiger charge is 2.38. The van der Waals surface area contributed by atoms with Crippen LogP contribution < -0.4 is 9.64 Å². The fourth-order valence-electron chi connectivity index (χ4n) is 3.38. The lowest BCUT2D eigenvalue weighted by atomic mass is 10.1. The van der Waals surface area contributed by atoms with Crippen LogP contribution in [-0.2, 0) is 4.74 Å². The molecule has 4 rings (SSSR count). The van der Waals surface area contributed by atoms with Crippen molar-refractivity contribution in [1.29, 1.82) is 0 Å². The molecule has 33 heavy (non-hydrogen) atoms. The standard InChI is InChI=1S/C24H15ClFNO6/c1-32-21-11-19(27-22(29)15-4-2-3-5-16(15)23(27)30)18(25)10-17(21)24(31)33-12-20(28)13-6-8-14(26)9-7-13/h2-11H,12H2,1H3. The summed E-state index contributed by atoms with van der Waals surface area (Å²) >= 11 is 6.32. The number of carbonyl (C=O) groups excluding carboxylic acids is 4. The molecule has 0 bridgehead atoms. The summed E-state index contributed by atoms with van der Waals surface area (Å²) in [4.78, 5) is 51.2. The highest BCUT2D eigenvalue weighted by Crippen LogP contribution is 2.38. The lowest BCUT2D eigenvalue weighted by molar-refractivity contribution is 0.0471. The first-order valence-corrected chi connectivity index (χ1v) is 10.0. The SMILES string of the molecule is COc1cc(N2C(=O)c3ccccc3C2=O)c(Cl)cc1C(=O)OCC(=O)c1ccc(F)cc1. The number of Topliss-reactive ketones (excluding diaryl/α,β-unsaturated/α-hetero) is 1. The smallest absolute Gasteiger partial charge is 0.342 e. The van der Waals surface area contributed by atoms with E-state index in [-0.39, 0.29) is 38.7 Å². The van der Waals surface area contributed by atoms with Gasteiger partial charge in [-0.25, -0.2) is 14.1 Å². The minimum Gasteiger partial charge on any atom is -0.496 e. The Morgan fingerprint density at radius 2 is 1.58 bits per heavy atom. The van der Waals surface area contributed by atoms with E-state index in [4.69, 9.17) is 21.1 Å². The Bertz CT molecular complexity index is 1270. The van der Waals surface area contributed by atoms with Gasteiger partial charge in [-0.2, -0.15) is 0 Å². The first-order valence-electron chi connectivity index (χ1n) is 9.63. The third-order valence-corrected chi connectivity index (χ3v) is 5.33. The van der Waals surface area contributed by atoms with Crippen LogP contribution in [0.3, 0.4) is 0 Å². The Kier molecular flexibility index (Phi) is 5.93. The molecule has 7 nitrogen and oxygen atoms in total. The van der Waals surface area contributed by atoms with Gasteiger partial charge < -0.3 is 9.47 Å². The van der Waals surface area contributed by atoms with Crippen molar-refractivity contribution in [3.8, 4) is 5.75 Å². The summed E-state index contributed by atoms with van der Waals surface area (Å²) < 4.78 is 23.3. The first kappa shape index (κ1) is 22.2. The van der Waals surface area contributed by atoms with Gasteiger partial charge in [0.05, 0.1) is 28.9 Å². The molecule has 0 N–H and O–H groups in total. The van der Waals surface area contributed by atoms with E-state index in [1.807, 2.05) is 0 Å². The van der Waals surface area contributed by atoms with E-state index in [1.54, 1.807) is 12.1 Å². The van der Waals surface area contributed by atoms with E-state index in [0.717, 1.165) is 17.0 Å². The summed E-state index contributed by atoms with van der Waals surface area (Å²) in [6.45, 7) is -0.592. The van der Waals surface area contributed by atoms with Crippen LogP contribution in [0.1, 0.15) is 41.4 Å². The Morgan fingerprint density at radius 1 is 0.970 bits per heavy atom. The fourth-order valence-corrected chi connectivity index (χ4v) is 3.63. The summed E-state index contributed by atoms with van der Waals surface area (Å²) in [6.07, 6.45) is 0. The van der Waals surface area contributed by atoms with Gasteiger partial charge in [-0.05, 0) is 42.5 Å². The molecule has 0 fully saturated rings. The average Bonchev–Trinajstić information content (AvgIpc) is 3.07.